The van der Waals surface area contributed by atoms with Gasteiger partial charge < -0.3 is 16.5 Å². The second-order valence-corrected chi connectivity index (χ2v) is 4.78. The number of amidine groups is 2. The molecule has 0 fully saturated rings. The molecule has 1 heterocycles. The molecule has 7 N–H and O–H groups in total. The highest BCUT2D eigenvalue weighted by molar-refractivity contribution is 5.87. The summed E-state index contributed by atoms with van der Waals surface area (Å²) in [6, 6.07) is 8.13. The first kappa shape index (κ1) is 13.1. The molecule has 0 bridgehead atoms. The van der Waals surface area contributed by atoms with Crippen LogP contribution in [-0.4, -0.2) is 16.7 Å². The third-order valence-corrected chi connectivity index (χ3v) is 3.34. The molecule has 1 atom stereocenters. The lowest BCUT2D eigenvalue weighted by Gasteiger charge is -2.14. The molecule has 0 radical (unpaired) electrons. The summed E-state index contributed by atoms with van der Waals surface area (Å²) >= 11 is 0. The lowest BCUT2D eigenvalue weighted by molar-refractivity contribution is 0.637. The van der Waals surface area contributed by atoms with Crippen LogP contribution in [0.4, 0.5) is 0 Å². The van der Waals surface area contributed by atoms with Gasteiger partial charge in [0.1, 0.15) is 0 Å². The van der Waals surface area contributed by atoms with Crippen LogP contribution in [0.15, 0.2) is 30.5 Å². The van der Waals surface area contributed by atoms with Gasteiger partial charge in [-0.2, -0.15) is 0 Å². The third-order valence-electron chi connectivity index (χ3n) is 3.34. The minimum absolute atomic E-state index is 0.0825. The molecule has 0 saturated heterocycles. The Balaban J connectivity index is 2.08. The summed E-state index contributed by atoms with van der Waals surface area (Å²) in [6.45, 7) is 0. The van der Waals surface area contributed by atoms with Crippen molar-refractivity contribution in [3.8, 4) is 0 Å². The van der Waals surface area contributed by atoms with Gasteiger partial charge in [0.05, 0.1) is 11.7 Å². The Morgan fingerprint density at radius 3 is 2.63 bits per heavy atom. The Kier molecular flexibility index (Phi) is 3.85. The van der Waals surface area contributed by atoms with Crippen LogP contribution in [0, 0.1) is 16.7 Å². The second kappa shape index (κ2) is 5.56. The topological polar surface area (TPSA) is 116 Å². The van der Waals surface area contributed by atoms with Gasteiger partial charge in [-0.15, -0.1) is 0 Å². The number of fused-ring (bicyclic) bond motifs is 1. The lowest BCUT2D eigenvalue weighted by atomic mass is 9.95. The molecule has 1 unspecified atom stereocenters. The number of para-hydroxylation sites is 1. The number of hydrogen-bond donors (Lipinski definition) is 5. The number of benzene rings is 1. The molecule has 0 aliphatic carbocycles. The van der Waals surface area contributed by atoms with Gasteiger partial charge in [0.2, 0.25) is 0 Å². The summed E-state index contributed by atoms with van der Waals surface area (Å²) in [4.78, 5) is 3.23. The molecule has 19 heavy (non-hydrogen) atoms. The summed E-state index contributed by atoms with van der Waals surface area (Å²) in [7, 11) is 0. The summed E-state index contributed by atoms with van der Waals surface area (Å²) in [5.41, 5.74) is 13.3. The Hall–Kier alpha value is -2.30. The molecule has 0 aliphatic rings. The standard InChI is InChI=1S/C14H19N5/c15-13(16)7-9(14(17)18)5-6-10-8-19-12-4-2-1-3-11(10)12/h1-4,8-9,19H,5-7H2,(H3,15,16)(H3,17,18). The maximum Gasteiger partial charge on any atom is 0.0941 e. The van der Waals surface area contributed by atoms with Crippen LogP contribution in [0.5, 0.6) is 0 Å². The van der Waals surface area contributed by atoms with Gasteiger partial charge in [0.25, 0.3) is 0 Å². The fourth-order valence-corrected chi connectivity index (χ4v) is 2.30. The smallest absolute Gasteiger partial charge is 0.0941 e. The molecular formula is C14H19N5. The molecule has 5 nitrogen and oxygen atoms in total. The van der Waals surface area contributed by atoms with Gasteiger partial charge in [-0.1, -0.05) is 18.2 Å². The fourth-order valence-electron chi connectivity index (χ4n) is 2.30. The summed E-state index contributed by atoms with van der Waals surface area (Å²) in [5.74, 6) is 0.0420. The molecule has 100 valence electrons. The normalized spacial score (nSPS) is 12.4. The van der Waals surface area contributed by atoms with Crippen LogP contribution >= 0.6 is 0 Å². The van der Waals surface area contributed by atoms with Crippen LogP contribution in [0.1, 0.15) is 18.4 Å². The van der Waals surface area contributed by atoms with E-state index in [1.807, 2.05) is 24.4 Å². The first-order valence-corrected chi connectivity index (χ1v) is 6.29. The van der Waals surface area contributed by atoms with Crippen LogP contribution in [0.3, 0.4) is 0 Å². The number of aryl methyl sites for hydroxylation is 1. The zero-order valence-electron chi connectivity index (χ0n) is 10.7. The molecule has 5 heteroatoms. The zero-order chi connectivity index (χ0) is 13.8. The van der Waals surface area contributed by atoms with E-state index in [2.05, 4.69) is 11.1 Å². The van der Waals surface area contributed by atoms with Crippen molar-refractivity contribution in [2.75, 3.05) is 0 Å². The van der Waals surface area contributed by atoms with Gasteiger partial charge >= 0.3 is 0 Å². The first-order valence-electron chi connectivity index (χ1n) is 6.29. The number of rotatable bonds is 6. The van der Waals surface area contributed by atoms with E-state index in [4.69, 9.17) is 22.3 Å². The number of nitrogens with two attached hydrogens (primary N) is 2. The van der Waals surface area contributed by atoms with E-state index >= 15 is 0 Å². The maximum atomic E-state index is 7.55. The van der Waals surface area contributed by atoms with E-state index in [0.29, 0.717) is 6.42 Å². The predicted molar refractivity (Wildman–Crippen MR) is 78.6 cm³/mol. The van der Waals surface area contributed by atoms with E-state index in [9.17, 15) is 0 Å². The highest BCUT2D eigenvalue weighted by Gasteiger charge is 2.14. The number of H-pyrrole nitrogens is 1. The monoisotopic (exact) mass is 257 g/mol. The SMILES string of the molecule is N=C(N)CC(CCc1c[nH]c2ccccc12)C(=N)N. The van der Waals surface area contributed by atoms with Crippen molar-refractivity contribution < 1.29 is 0 Å². The van der Waals surface area contributed by atoms with Crippen molar-refractivity contribution >= 4 is 22.6 Å². The first-order chi connectivity index (χ1) is 9.08. The minimum atomic E-state index is -0.147. The molecule has 0 aliphatic heterocycles. The quantitative estimate of drug-likeness (QED) is 0.402. The van der Waals surface area contributed by atoms with Crippen molar-refractivity contribution in [1.82, 2.24) is 4.98 Å². The van der Waals surface area contributed by atoms with Crippen molar-refractivity contribution in [1.29, 1.82) is 10.8 Å². The van der Waals surface area contributed by atoms with Gasteiger partial charge in [0.15, 0.2) is 0 Å². The molecule has 2 aromatic rings. The second-order valence-electron chi connectivity index (χ2n) is 4.78. The van der Waals surface area contributed by atoms with Crippen LogP contribution < -0.4 is 11.5 Å². The van der Waals surface area contributed by atoms with E-state index < -0.39 is 0 Å². The average molecular weight is 257 g/mol. The van der Waals surface area contributed by atoms with Gasteiger partial charge in [-0.3, -0.25) is 10.8 Å². The summed E-state index contributed by atoms with van der Waals surface area (Å²) in [5, 5.41) is 16.1. The molecule has 1 aromatic carbocycles. The zero-order valence-corrected chi connectivity index (χ0v) is 10.7. The Bertz CT molecular complexity index is 599. The number of nitrogens with one attached hydrogen (secondary N) is 3. The van der Waals surface area contributed by atoms with Crippen LogP contribution in [0.25, 0.3) is 10.9 Å². The molecule has 1 aromatic heterocycles. The van der Waals surface area contributed by atoms with Crippen LogP contribution in [0.2, 0.25) is 0 Å². The third kappa shape index (κ3) is 3.13. The maximum absolute atomic E-state index is 7.55. The van der Waals surface area contributed by atoms with Crippen molar-refractivity contribution in [3.05, 3.63) is 36.0 Å². The molecule has 2 rings (SSSR count). The fraction of sp³-hybridized carbons (Fsp3) is 0.286. The average Bonchev–Trinajstić information content (AvgIpc) is 2.77. The van der Waals surface area contributed by atoms with E-state index in [1.165, 1.54) is 10.9 Å². The highest BCUT2D eigenvalue weighted by Crippen LogP contribution is 2.21. The largest absolute Gasteiger partial charge is 0.388 e. The molecule has 0 spiro atoms. The Morgan fingerprint density at radius 2 is 1.95 bits per heavy atom. The Morgan fingerprint density at radius 1 is 1.21 bits per heavy atom. The summed E-state index contributed by atoms with van der Waals surface area (Å²) in [6.07, 6.45) is 3.91. The van der Waals surface area contributed by atoms with Gasteiger partial charge in [0, 0.05) is 29.4 Å². The number of aromatic nitrogens is 1. The Labute approximate surface area is 112 Å². The van der Waals surface area contributed by atoms with E-state index in [-0.39, 0.29) is 17.6 Å². The van der Waals surface area contributed by atoms with E-state index in [0.717, 1.165) is 18.4 Å². The van der Waals surface area contributed by atoms with Gasteiger partial charge in [-0.25, -0.2) is 0 Å². The number of aromatic amines is 1. The van der Waals surface area contributed by atoms with Crippen molar-refractivity contribution in [2.24, 2.45) is 17.4 Å². The van der Waals surface area contributed by atoms with Crippen LogP contribution in [-0.2, 0) is 6.42 Å². The molecule has 0 amide bonds. The number of hydrogen-bond acceptors (Lipinski definition) is 2. The van der Waals surface area contributed by atoms with E-state index in [1.54, 1.807) is 0 Å². The molecular weight excluding hydrogens is 238 g/mol. The highest BCUT2D eigenvalue weighted by atomic mass is 14.7. The lowest BCUT2D eigenvalue weighted by Crippen LogP contribution is -2.27. The van der Waals surface area contributed by atoms with Gasteiger partial charge in [-0.05, 0) is 24.5 Å². The van der Waals surface area contributed by atoms with Crippen molar-refractivity contribution in [2.45, 2.75) is 19.3 Å². The molecule has 0 saturated carbocycles. The summed E-state index contributed by atoms with van der Waals surface area (Å²) < 4.78 is 0. The predicted octanol–water partition coefficient (Wildman–Crippen LogP) is 1.98. The van der Waals surface area contributed by atoms with Crippen molar-refractivity contribution in [3.63, 3.8) is 0 Å². The minimum Gasteiger partial charge on any atom is -0.388 e.